The van der Waals surface area contributed by atoms with E-state index in [0.29, 0.717) is 92.2 Å². The molecule has 22 nitrogen and oxygen atoms in total. The Morgan fingerprint density at radius 1 is 0.482 bits per heavy atom. The maximum Gasteiger partial charge on any atom is 0.519 e. The highest BCUT2D eigenvalue weighted by Gasteiger charge is 2.44. The van der Waals surface area contributed by atoms with E-state index in [-0.39, 0.29) is 70.8 Å². The van der Waals surface area contributed by atoms with Crippen LogP contribution in [-0.4, -0.2) is 189 Å². The van der Waals surface area contributed by atoms with E-state index in [2.05, 4.69) is 95.3 Å². The van der Waals surface area contributed by atoms with Gasteiger partial charge < -0.3 is 76.7 Å². The molecule has 7 unspecified atom stereocenters. The Kier molecular flexibility index (Phi) is 68.8. The van der Waals surface area contributed by atoms with Gasteiger partial charge in [0, 0.05) is 45.2 Å². The Bertz CT molecular complexity index is 2480. The van der Waals surface area contributed by atoms with E-state index in [1.807, 2.05) is 132 Å². The zero-order chi connectivity index (χ0) is 87.8. The van der Waals surface area contributed by atoms with Crippen LogP contribution in [0.5, 0.6) is 0 Å². The number of allylic oxidation sites excluding steroid dienone is 1. The van der Waals surface area contributed by atoms with Crippen molar-refractivity contribution in [2.45, 2.75) is 349 Å². The number of nitrogens with zero attached hydrogens (tertiary/aromatic N) is 3. The first-order chi connectivity index (χ1) is 51.6. The molecule has 5 heterocycles. The summed E-state index contributed by atoms with van der Waals surface area (Å²) in [7, 11) is 0. The number of piperidine rings is 3. The highest BCUT2D eigenvalue weighted by atomic mass is 16.7. The Morgan fingerprint density at radius 3 is 1.20 bits per heavy atom. The smallest absolute Gasteiger partial charge is 0.498 e. The molecular weight excluding hydrogens is 1430 g/mol. The molecule has 1 aromatic heterocycles. The van der Waals surface area contributed by atoms with Gasteiger partial charge in [-0.05, 0) is 233 Å². The lowest BCUT2D eigenvalue weighted by atomic mass is 9.80. The predicted octanol–water partition coefficient (Wildman–Crippen LogP) is 19.3. The summed E-state index contributed by atoms with van der Waals surface area (Å²) in [6, 6.07) is 0. The number of likely N-dealkylation sites (tertiary alicyclic amines) is 3. The summed E-state index contributed by atoms with van der Waals surface area (Å²) in [6.45, 7) is 85.1. The first-order valence-electron chi connectivity index (χ1n) is 42.8. The van der Waals surface area contributed by atoms with Gasteiger partial charge in [0.15, 0.2) is 6.29 Å². The van der Waals surface area contributed by atoms with Gasteiger partial charge in [-0.25, -0.2) is 9.59 Å². The number of hydrogen-bond donors (Lipinski definition) is 3. The Hall–Kier alpha value is -4.58. The van der Waals surface area contributed by atoms with Crippen molar-refractivity contribution in [3.8, 4) is 0 Å². The third kappa shape index (κ3) is 70.8. The minimum absolute atomic E-state index is 0.0109. The third-order valence-electron chi connectivity index (χ3n) is 17.5. The zero-order valence-corrected chi connectivity index (χ0v) is 78.2. The molecule has 4 aliphatic heterocycles. The number of rotatable bonds is 26. The molecule has 0 saturated carbocycles. The molecule has 0 amide bonds. The second-order valence-electron chi connectivity index (χ2n) is 36.9. The molecular formula is C90H177N3O19. The van der Waals surface area contributed by atoms with Crippen LogP contribution in [0.25, 0.3) is 0 Å². The highest BCUT2D eigenvalue weighted by molar-refractivity contribution is 5.75. The van der Waals surface area contributed by atoms with E-state index in [4.69, 9.17) is 42.0 Å². The van der Waals surface area contributed by atoms with Crippen LogP contribution in [0.15, 0.2) is 26.0 Å². The van der Waals surface area contributed by atoms with Gasteiger partial charge in [-0.2, -0.15) is 0 Å². The fourth-order valence-electron chi connectivity index (χ4n) is 10.6. The van der Waals surface area contributed by atoms with Crippen LogP contribution in [0.4, 0.5) is 4.79 Å². The van der Waals surface area contributed by atoms with Gasteiger partial charge in [0.25, 0.3) is 0 Å². The standard InChI is InChI=1S/C11H20O3.C10H21N.C10H20O4.C10H20O2.2C9H19N.C9H18O2.C8H12O3.C8H16O3.C6H12O2/c1-8(2)11(6-13-9(3)4)7-14-10(5)12;1-10(2)6-9-11-7-4-3-5-8-11;1-4-6-8(11)7(5(2)3)9(12)10(13)14-6;1-7(2)8(3)12-9(11)10(4,5)6;2*1-9(2)8-10-6-4-3-5-7-10;1-7(2)6-11-8(10)9(3,4)5;1-5(2)4-7-6(3)10-8(9)11-7;1-6(2)5-10-8(9)11-7(3)4;1-5(2)4-8-6(3)7/h8,11H,3,6-7H2,1-2,4-5H3;10H,3-9H2,1-2H3;5-13H,4H2,1-3H3;7-8H,1-6H3;2*9H,3-8H2,1-2H3;7H,6H2,1-5H3;5H,4H2,1-3H3;6-7H,5H2,1-4H3;5H,4H2,1-3H3. The van der Waals surface area contributed by atoms with Gasteiger partial charge in [-0.1, -0.05) is 171 Å². The fourth-order valence-corrected chi connectivity index (χ4v) is 10.6. The normalized spacial score (nSPS) is 18.6. The SMILES string of the molecule is C=C(C)OCC(COC(C)=O)C(C)C.CC(=O)OCC(C)C.CC(C)C(C)OC(=O)C(C)(C)C.CC(C)CCN1CCCCC1.CC(C)CN1CCCCC1.CC(C)CN1CCCCC1.CC(C)COC(=O)C(C)(C)C.CC(C)COC(=O)OC(C)C.CCC1OC(O)C(O)C(C(C)C)C1O.Cc1oc(=O)oc1CC(C)C. The van der Waals surface area contributed by atoms with E-state index in [1.54, 1.807) is 20.8 Å². The monoisotopic (exact) mass is 1600 g/mol. The molecule has 4 fully saturated rings. The first-order valence-corrected chi connectivity index (χ1v) is 42.8. The van der Waals surface area contributed by atoms with Gasteiger partial charge in [0.2, 0.25) is 0 Å². The summed E-state index contributed by atoms with van der Waals surface area (Å²) in [5.41, 5.74) is -0.752. The van der Waals surface area contributed by atoms with Crippen LogP contribution < -0.4 is 5.82 Å². The number of aliphatic hydroxyl groups excluding tert-OH is 3. The third-order valence-corrected chi connectivity index (χ3v) is 17.5. The number of carbonyl (C=O) groups excluding carboxylic acids is 5. The average Bonchev–Trinajstić information content (AvgIpc) is 0.928. The lowest BCUT2D eigenvalue weighted by Gasteiger charge is -2.42. The lowest BCUT2D eigenvalue weighted by Crippen LogP contribution is -2.55. The lowest BCUT2D eigenvalue weighted by molar-refractivity contribution is -0.274. The molecule has 4 saturated heterocycles. The molecule has 0 radical (unpaired) electrons. The van der Waals surface area contributed by atoms with Gasteiger partial charge in [-0.3, -0.25) is 19.2 Å². The van der Waals surface area contributed by atoms with Crippen LogP contribution in [-0.2, 0) is 63.5 Å². The minimum atomic E-state index is -1.17. The van der Waals surface area contributed by atoms with Crippen molar-refractivity contribution in [3.63, 3.8) is 0 Å². The van der Waals surface area contributed by atoms with Crippen LogP contribution >= 0.6 is 0 Å². The van der Waals surface area contributed by atoms with Crippen molar-refractivity contribution >= 4 is 30.0 Å². The average molecular weight is 1610 g/mol. The molecule has 4 aliphatic rings. The molecule has 0 aliphatic carbocycles. The molecule has 3 N–H and O–H groups in total. The Balaban J connectivity index is -0.000000380. The number of aliphatic hydroxyl groups is 3. The topological polar surface area (TPSA) is 273 Å². The van der Waals surface area contributed by atoms with Gasteiger partial charge in [0.1, 0.15) is 23.7 Å². The van der Waals surface area contributed by atoms with Crippen LogP contribution in [0.1, 0.15) is 311 Å². The molecule has 5 rings (SSSR count). The first kappa shape index (κ1) is 116. The molecule has 22 heteroatoms. The maximum absolute atomic E-state index is 11.4. The van der Waals surface area contributed by atoms with E-state index < -0.39 is 30.5 Å². The number of carbonyl (C=O) groups is 5. The second kappa shape index (κ2) is 66.4. The van der Waals surface area contributed by atoms with Gasteiger partial charge in [0.05, 0.1) is 67.9 Å². The second-order valence-corrected chi connectivity index (χ2v) is 36.9. The van der Waals surface area contributed by atoms with Crippen molar-refractivity contribution in [1.29, 1.82) is 0 Å². The molecule has 7 atom stereocenters. The zero-order valence-electron chi connectivity index (χ0n) is 78.2. The Morgan fingerprint density at radius 2 is 0.884 bits per heavy atom. The summed E-state index contributed by atoms with van der Waals surface area (Å²) >= 11 is 0. The van der Waals surface area contributed by atoms with Crippen molar-refractivity contribution < 1.29 is 86.0 Å². The molecule has 1 aromatic rings. The van der Waals surface area contributed by atoms with Crippen molar-refractivity contribution in [2.75, 3.05) is 91.9 Å². The number of esters is 4. The van der Waals surface area contributed by atoms with Crippen LogP contribution in [0.3, 0.4) is 0 Å². The number of aryl methyl sites for hydroxylation is 1. The van der Waals surface area contributed by atoms with E-state index in [1.165, 1.54) is 137 Å². The van der Waals surface area contributed by atoms with Gasteiger partial charge in [-0.15, -0.1) is 0 Å². The van der Waals surface area contributed by atoms with Crippen LogP contribution in [0, 0.1) is 88.8 Å². The van der Waals surface area contributed by atoms with Crippen molar-refractivity contribution in [1.82, 2.24) is 14.7 Å². The molecule has 112 heavy (non-hydrogen) atoms. The van der Waals surface area contributed by atoms with Gasteiger partial charge >= 0.3 is 35.9 Å². The molecule has 0 bridgehead atoms. The maximum atomic E-state index is 11.4. The van der Waals surface area contributed by atoms with Crippen LogP contribution in [0.2, 0.25) is 0 Å². The molecule has 666 valence electrons. The summed E-state index contributed by atoms with van der Waals surface area (Å²) in [4.78, 5) is 72.3. The summed E-state index contributed by atoms with van der Waals surface area (Å²) in [6.07, 6.45) is 11.8. The fraction of sp³-hybridized carbons (Fsp3) is 0.889. The summed E-state index contributed by atoms with van der Waals surface area (Å²) < 4.78 is 49.3. The predicted molar refractivity (Wildman–Crippen MR) is 457 cm³/mol. The Labute approximate surface area is 685 Å². The summed E-state index contributed by atoms with van der Waals surface area (Å²) in [5.74, 6) is 5.79. The summed E-state index contributed by atoms with van der Waals surface area (Å²) in [5, 5.41) is 29.0. The van der Waals surface area contributed by atoms with Crippen molar-refractivity contribution in [2.24, 2.45) is 81.8 Å². The van der Waals surface area contributed by atoms with Crippen molar-refractivity contribution in [3.05, 3.63) is 34.5 Å². The van der Waals surface area contributed by atoms with E-state index >= 15 is 0 Å². The molecule has 0 aromatic carbocycles. The highest BCUT2D eigenvalue weighted by Crippen LogP contribution is 2.32. The number of ether oxygens (including phenoxy) is 8. The minimum Gasteiger partial charge on any atom is -0.498 e. The number of hydrogen-bond acceptors (Lipinski definition) is 22. The van der Waals surface area contributed by atoms with E-state index in [0.717, 1.165) is 24.2 Å². The molecule has 0 spiro atoms. The van der Waals surface area contributed by atoms with E-state index in [9.17, 15) is 44.1 Å². The largest absolute Gasteiger partial charge is 0.519 e. The quantitative estimate of drug-likeness (QED) is 0.0442.